The van der Waals surface area contributed by atoms with Crippen molar-refractivity contribution in [3.63, 3.8) is 0 Å². The van der Waals surface area contributed by atoms with Crippen LogP contribution < -0.4 is 15.5 Å². The fourth-order valence-electron chi connectivity index (χ4n) is 3.46. The van der Waals surface area contributed by atoms with Gasteiger partial charge in [-0.1, -0.05) is 42.5 Å². The van der Waals surface area contributed by atoms with E-state index in [1.165, 1.54) is 3.57 Å². The van der Waals surface area contributed by atoms with Crippen molar-refractivity contribution in [1.82, 2.24) is 0 Å². The minimum absolute atomic E-state index is 0.308. The van der Waals surface area contributed by atoms with Gasteiger partial charge in [-0.05, 0) is 76.2 Å². The van der Waals surface area contributed by atoms with Gasteiger partial charge in [0.05, 0.1) is 23.0 Å². The van der Waals surface area contributed by atoms with Crippen LogP contribution in [-0.4, -0.2) is 11.9 Å². The molecule has 1 aliphatic heterocycles. The Balaban J connectivity index is 1.52. The smallest absolute Gasteiger partial charge is 0.127 e. The Hall–Kier alpha value is -3.66. The van der Waals surface area contributed by atoms with Crippen molar-refractivity contribution in [3.8, 4) is 17.9 Å². The molecule has 0 bridgehead atoms. The fourth-order valence-corrected chi connectivity index (χ4v) is 3.81. The predicted octanol–water partition coefficient (Wildman–Crippen LogP) is 5.08. The quantitative estimate of drug-likeness (QED) is 0.344. The molecule has 4 rings (SSSR count). The van der Waals surface area contributed by atoms with E-state index in [0.29, 0.717) is 17.9 Å². The number of hydrazone groups is 1. The van der Waals surface area contributed by atoms with E-state index in [1.807, 2.05) is 78.9 Å². The molecule has 0 spiro atoms. The molecule has 0 fully saturated rings. The van der Waals surface area contributed by atoms with Gasteiger partial charge in [-0.15, -0.1) is 0 Å². The summed E-state index contributed by atoms with van der Waals surface area (Å²) in [6.07, 6.45) is 1.05. The molecular formula is C26H20IN5O. The highest BCUT2D eigenvalue weighted by atomic mass is 127. The number of nitrogens with two attached hydrogens (primary N) is 1. The number of rotatable bonds is 6. The van der Waals surface area contributed by atoms with E-state index in [9.17, 15) is 10.5 Å². The highest BCUT2D eigenvalue weighted by Gasteiger charge is 2.37. The molecule has 3 aromatic rings. The highest BCUT2D eigenvalue weighted by Crippen LogP contribution is 2.29. The maximum absolute atomic E-state index is 9.80. The molecule has 7 heteroatoms. The summed E-state index contributed by atoms with van der Waals surface area (Å²) in [6.45, 7) is 0.476. The van der Waals surface area contributed by atoms with Crippen LogP contribution in [0.5, 0.6) is 5.75 Å². The van der Waals surface area contributed by atoms with E-state index in [0.717, 1.165) is 22.6 Å². The van der Waals surface area contributed by atoms with Crippen molar-refractivity contribution in [3.05, 3.63) is 99.1 Å². The van der Waals surface area contributed by atoms with Crippen LogP contribution in [0.25, 0.3) is 6.08 Å². The average molecular weight is 545 g/mol. The number of benzene rings is 3. The molecule has 1 aliphatic rings. The first-order valence-electron chi connectivity index (χ1n) is 10.3. The average Bonchev–Trinajstić information content (AvgIpc) is 3.19. The minimum atomic E-state index is -0.715. The zero-order chi connectivity index (χ0) is 23.2. The topological polar surface area (TPSA) is 98.4 Å². The van der Waals surface area contributed by atoms with Gasteiger partial charge in [-0.25, -0.2) is 5.01 Å². The lowest BCUT2D eigenvalue weighted by Crippen LogP contribution is -2.40. The van der Waals surface area contributed by atoms with Crippen LogP contribution in [0.1, 0.15) is 11.1 Å². The second-order valence-electron chi connectivity index (χ2n) is 7.42. The number of para-hydroxylation sites is 1. The third-order valence-electron chi connectivity index (χ3n) is 5.20. The Morgan fingerprint density at radius 3 is 2.36 bits per heavy atom. The summed E-state index contributed by atoms with van der Waals surface area (Å²) in [5, 5.41) is 25.6. The van der Waals surface area contributed by atoms with Crippen LogP contribution in [0.4, 0.5) is 5.69 Å². The summed E-state index contributed by atoms with van der Waals surface area (Å²) in [7, 11) is 0. The van der Waals surface area contributed by atoms with Gasteiger partial charge in [0.2, 0.25) is 0 Å². The molecule has 33 heavy (non-hydrogen) atoms. The van der Waals surface area contributed by atoms with Crippen LogP contribution in [0.3, 0.4) is 0 Å². The summed E-state index contributed by atoms with van der Waals surface area (Å²) in [5.74, 6) is 0.0160. The molecule has 0 saturated carbocycles. The van der Waals surface area contributed by atoms with Crippen molar-refractivity contribution in [2.24, 2.45) is 16.8 Å². The molecule has 0 aromatic heterocycles. The molecule has 0 amide bonds. The first-order chi connectivity index (χ1) is 16.1. The SMILES string of the molecule is N#C/C(=C/c1ccc(OCc2ccc(I)cc2)cc1)C1=NN(c2ccccc2)[C@@H](N)[C@H]1C#N. The minimum Gasteiger partial charge on any atom is -0.489 e. The Kier molecular flexibility index (Phi) is 7.04. The van der Waals surface area contributed by atoms with Gasteiger partial charge < -0.3 is 10.5 Å². The van der Waals surface area contributed by atoms with E-state index in [-0.39, 0.29) is 0 Å². The molecular weight excluding hydrogens is 525 g/mol. The summed E-state index contributed by atoms with van der Waals surface area (Å²) in [6, 6.07) is 29.4. The van der Waals surface area contributed by atoms with Crippen LogP contribution in [0.15, 0.2) is 89.5 Å². The molecule has 2 atom stereocenters. The van der Waals surface area contributed by atoms with Crippen molar-refractivity contribution in [1.29, 1.82) is 10.5 Å². The second kappa shape index (κ2) is 10.3. The monoisotopic (exact) mass is 545 g/mol. The number of anilines is 1. The lowest BCUT2D eigenvalue weighted by molar-refractivity contribution is 0.306. The summed E-state index contributed by atoms with van der Waals surface area (Å²) in [5.41, 5.74) is 9.63. The molecule has 0 unspecified atom stereocenters. The van der Waals surface area contributed by atoms with E-state index in [1.54, 1.807) is 11.1 Å². The number of halogens is 1. The first-order valence-corrected chi connectivity index (χ1v) is 11.3. The number of allylic oxidation sites excluding steroid dienone is 1. The Bertz CT molecular complexity index is 1260. The maximum Gasteiger partial charge on any atom is 0.127 e. The van der Waals surface area contributed by atoms with Gasteiger partial charge in [0.15, 0.2) is 0 Å². The normalized spacial score (nSPS) is 17.8. The van der Waals surface area contributed by atoms with Crippen molar-refractivity contribution in [2.75, 3.05) is 5.01 Å². The van der Waals surface area contributed by atoms with Gasteiger partial charge >= 0.3 is 0 Å². The number of nitrogens with zero attached hydrogens (tertiary/aromatic N) is 4. The molecule has 162 valence electrons. The Morgan fingerprint density at radius 2 is 1.73 bits per heavy atom. The van der Waals surface area contributed by atoms with E-state index in [4.69, 9.17) is 10.5 Å². The summed E-state index contributed by atoms with van der Waals surface area (Å²) < 4.78 is 7.03. The van der Waals surface area contributed by atoms with Crippen LogP contribution >= 0.6 is 22.6 Å². The largest absolute Gasteiger partial charge is 0.489 e. The van der Waals surface area contributed by atoms with Crippen LogP contribution in [0.2, 0.25) is 0 Å². The summed E-state index contributed by atoms with van der Waals surface area (Å²) >= 11 is 2.27. The van der Waals surface area contributed by atoms with E-state index in [2.05, 4.69) is 39.8 Å². The maximum atomic E-state index is 9.80. The third kappa shape index (κ3) is 5.23. The van der Waals surface area contributed by atoms with Gasteiger partial charge in [0.1, 0.15) is 30.5 Å². The molecule has 1 heterocycles. The fraction of sp³-hybridized carbons (Fsp3) is 0.115. The van der Waals surface area contributed by atoms with Crippen molar-refractivity contribution in [2.45, 2.75) is 12.8 Å². The van der Waals surface area contributed by atoms with Crippen molar-refractivity contribution < 1.29 is 4.74 Å². The highest BCUT2D eigenvalue weighted by molar-refractivity contribution is 14.1. The van der Waals surface area contributed by atoms with Crippen molar-refractivity contribution >= 4 is 40.1 Å². The molecule has 2 N–H and O–H groups in total. The lowest BCUT2D eigenvalue weighted by atomic mass is 9.95. The third-order valence-corrected chi connectivity index (χ3v) is 5.92. The van der Waals surface area contributed by atoms with Crippen LogP contribution in [0, 0.1) is 32.2 Å². The van der Waals surface area contributed by atoms with Gasteiger partial charge in [0, 0.05) is 3.57 Å². The number of nitriles is 2. The molecule has 6 nitrogen and oxygen atoms in total. The number of ether oxygens (including phenoxy) is 1. The van der Waals surface area contributed by atoms with Gasteiger partial charge in [-0.3, -0.25) is 0 Å². The zero-order valence-electron chi connectivity index (χ0n) is 17.6. The number of hydrogen-bond acceptors (Lipinski definition) is 6. The molecule has 0 radical (unpaired) electrons. The van der Waals surface area contributed by atoms with Gasteiger partial charge in [-0.2, -0.15) is 15.6 Å². The zero-order valence-corrected chi connectivity index (χ0v) is 19.8. The lowest BCUT2D eigenvalue weighted by Gasteiger charge is -2.21. The number of hydrogen-bond donors (Lipinski definition) is 1. The van der Waals surface area contributed by atoms with Crippen LogP contribution in [-0.2, 0) is 6.61 Å². The second-order valence-corrected chi connectivity index (χ2v) is 8.66. The standard InChI is InChI=1S/C26H20IN5O/c27-21-10-6-19(7-11-21)17-33-23-12-8-18(9-13-23)14-20(15-28)25-24(16-29)26(30)32(31-25)22-4-2-1-3-5-22/h1-14,24,26H,17,30H2/b20-14-/t24-,26+/m0/s1. The molecule has 0 aliphatic carbocycles. The Labute approximate surface area is 206 Å². The van der Waals surface area contributed by atoms with E-state index >= 15 is 0 Å². The summed E-state index contributed by atoms with van der Waals surface area (Å²) in [4.78, 5) is 0. The Morgan fingerprint density at radius 1 is 1.03 bits per heavy atom. The molecule has 3 aromatic carbocycles. The first kappa shape index (κ1) is 22.5. The van der Waals surface area contributed by atoms with E-state index < -0.39 is 12.1 Å². The predicted molar refractivity (Wildman–Crippen MR) is 137 cm³/mol. The molecule has 0 saturated heterocycles. The van der Waals surface area contributed by atoms with Gasteiger partial charge in [0.25, 0.3) is 0 Å².